The molecule has 1 fully saturated rings. The lowest BCUT2D eigenvalue weighted by atomic mass is 9.92. The van der Waals surface area contributed by atoms with Crippen LogP contribution in [0.1, 0.15) is 18.4 Å². The maximum Gasteiger partial charge on any atom is 0.274 e. The number of halogens is 2. The number of pyridine rings is 1. The van der Waals surface area contributed by atoms with Crippen molar-refractivity contribution in [2.45, 2.75) is 25.4 Å². The van der Waals surface area contributed by atoms with Crippen LogP contribution in [0.4, 0.5) is 10.1 Å². The fraction of sp³-hybridized carbons (Fsp3) is 0.368. The summed E-state index contributed by atoms with van der Waals surface area (Å²) in [5.74, 6) is -0.647. The number of benzene rings is 1. The molecule has 0 aliphatic carbocycles. The first-order valence-corrected chi connectivity index (χ1v) is 8.62. The van der Waals surface area contributed by atoms with E-state index in [4.69, 9.17) is 10.5 Å². The van der Waals surface area contributed by atoms with Gasteiger partial charge in [-0.25, -0.2) is 4.39 Å². The maximum atomic E-state index is 13.0. The van der Waals surface area contributed by atoms with Gasteiger partial charge >= 0.3 is 0 Å². The zero-order valence-corrected chi connectivity index (χ0v) is 15.6. The van der Waals surface area contributed by atoms with Crippen LogP contribution in [0.15, 0.2) is 47.4 Å². The Labute approximate surface area is 162 Å². The summed E-state index contributed by atoms with van der Waals surface area (Å²) in [7, 11) is 0. The van der Waals surface area contributed by atoms with Crippen molar-refractivity contribution in [1.29, 1.82) is 0 Å². The van der Waals surface area contributed by atoms with Crippen molar-refractivity contribution >= 4 is 24.0 Å². The van der Waals surface area contributed by atoms with Gasteiger partial charge in [0.25, 0.3) is 5.56 Å². The fourth-order valence-corrected chi connectivity index (χ4v) is 3.05. The van der Waals surface area contributed by atoms with E-state index in [1.54, 1.807) is 30.5 Å². The third kappa shape index (κ3) is 5.38. The first-order chi connectivity index (χ1) is 12.5. The molecule has 1 aromatic heterocycles. The van der Waals surface area contributed by atoms with Crippen LogP contribution in [0.3, 0.4) is 0 Å². The molecular weight excluding hydrogens is 373 g/mol. The largest absolute Gasteiger partial charge is 0.381 e. The van der Waals surface area contributed by atoms with E-state index in [0.29, 0.717) is 13.2 Å². The van der Waals surface area contributed by atoms with Crippen molar-refractivity contribution in [3.05, 3.63) is 64.3 Å². The molecule has 6 nitrogen and oxygen atoms in total. The number of rotatable bonds is 5. The lowest BCUT2D eigenvalue weighted by Crippen LogP contribution is -2.44. The Morgan fingerprint density at radius 1 is 1.26 bits per heavy atom. The molecule has 1 aromatic carbocycles. The number of carbonyl (C=O) groups is 1. The summed E-state index contributed by atoms with van der Waals surface area (Å²) in [4.78, 5) is 25.0. The number of nitrogens with two attached hydrogens (primary N) is 1. The van der Waals surface area contributed by atoms with Crippen LogP contribution in [-0.4, -0.2) is 29.7 Å². The molecule has 1 atom stereocenters. The Morgan fingerprint density at radius 2 is 1.93 bits per heavy atom. The van der Waals surface area contributed by atoms with Crippen LogP contribution in [0.25, 0.3) is 0 Å². The van der Waals surface area contributed by atoms with Gasteiger partial charge in [0, 0.05) is 19.4 Å². The molecule has 0 bridgehead atoms. The van der Waals surface area contributed by atoms with Gasteiger partial charge < -0.3 is 20.4 Å². The second-order valence-corrected chi connectivity index (χ2v) is 6.45. The average molecular weight is 396 g/mol. The van der Waals surface area contributed by atoms with Crippen LogP contribution in [0.5, 0.6) is 0 Å². The van der Waals surface area contributed by atoms with Crippen molar-refractivity contribution < 1.29 is 13.9 Å². The first-order valence-electron chi connectivity index (χ1n) is 8.62. The Morgan fingerprint density at radius 3 is 2.59 bits per heavy atom. The molecule has 1 unspecified atom stereocenters. The monoisotopic (exact) mass is 395 g/mol. The minimum atomic E-state index is -0.677. The molecular formula is C19H23ClFN3O3. The Kier molecular flexibility index (Phi) is 7.53. The van der Waals surface area contributed by atoms with Gasteiger partial charge in [-0.2, -0.15) is 0 Å². The molecule has 0 spiro atoms. The minimum absolute atomic E-state index is 0. The average Bonchev–Trinajstić information content (AvgIpc) is 2.66. The molecule has 1 amide bonds. The van der Waals surface area contributed by atoms with E-state index in [1.807, 2.05) is 0 Å². The van der Waals surface area contributed by atoms with Crippen molar-refractivity contribution in [2.75, 3.05) is 18.5 Å². The van der Waals surface area contributed by atoms with Crippen LogP contribution in [-0.2, 0) is 16.1 Å². The van der Waals surface area contributed by atoms with Gasteiger partial charge in [0.1, 0.15) is 11.5 Å². The summed E-state index contributed by atoms with van der Waals surface area (Å²) in [6, 6.07) is 8.49. The number of carbonyl (C=O) groups excluding carboxylic acids is 1. The predicted molar refractivity (Wildman–Crippen MR) is 104 cm³/mol. The third-order valence-corrected chi connectivity index (χ3v) is 4.62. The lowest BCUT2D eigenvalue weighted by Gasteiger charge is -2.26. The van der Waals surface area contributed by atoms with E-state index in [-0.39, 0.29) is 47.8 Å². The van der Waals surface area contributed by atoms with Gasteiger partial charge in [-0.3, -0.25) is 9.59 Å². The van der Waals surface area contributed by atoms with Crippen molar-refractivity contribution in [3.63, 3.8) is 0 Å². The van der Waals surface area contributed by atoms with Crippen molar-refractivity contribution in [2.24, 2.45) is 11.7 Å². The third-order valence-electron chi connectivity index (χ3n) is 4.62. The first kappa shape index (κ1) is 21.1. The number of aromatic nitrogens is 1. The fourth-order valence-electron chi connectivity index (χ4n) is 3.05. The number of hydrogen-bond donors (Lipinski definition) is 2. The highest BCUT2D eigenvalue weighted by molar-refractivity contribution is 5.94. The molecule has 1 saturated heterocycles. The predicted octanol–water partition coefficient (Wildman–Crippen LogP) is 2.15. The van der Waals surface area contributed by atoms with Crippen LogP contribution < -0.4 is 16.6 Å². The topological polar surface area (TPSA) is 86.4 Å². The summed E-state index contributed by atoms with van der Waals surface area (Å²) >= 11 is 0. The molecule has 0 radical (unpaired) electrons. The Hall–Kier alpha value is -2.22. The van der Waals surface area contributed by atoms with Gasteiger partial charge in [-0.05, 0) is 48.6 Å². The molecule has 3 N–H and O–H groups in total. The maximum absolute atomic E-state index is 13.0. The summed E-state index contributed by atoms with van der Waals surface area (Å²) in [6.07, 6.45) is 3.09. The second kappa shape index (κ2) is 9.64. The Balaban J connectivity index is 0.00000261. The highest BCUT2D eigenvalue weighted by Gasteiger charge is 2.27. The number of anilines is 1. The van der Waals surface area contributed by atoms with E-state index in [1.165, 1.54) is 16.7 Å². The van der Waals surface area contributed by atoms with Crippen molar-refractivity contribution in [1.82, 2.24) is 4.57 Å². The van der Waals surface area contributed by atoms with E-state index in [0.717, 1.165) is 18.4 Å². The number of nitrogens with zero attached hydrogens (tertiary/aromatic N) is 1. The summed E-state index contributed by atoms with van der Waals surface area (Å²) in [6.45, 7) is 1.48. The second-order valence-electron chi connectivity index (χ2n) is 6.45. The zero-order valence-electron chi connectivity index (χ0n) is 14.8. The highest BCUT2D eigenvalue weighted by Crippen LogP contribution is 2.18. The number of amides is 1. The van der Waals surface area contributed by atoms with Gasteiger partial charge in [-0.15, -0.1) is 12.4 Å². The number of hydrogen-bond acceptors (Lipinski definition) is 4. The van der Waals surface area contributed by atoms with Gasteiger partial charge in [0.15, 0.2) is 0 Å². The smallest absolute Gasteiger partial charge is 0.274 e. The quantitative estimate of drug-likeness (QED) is 0.812. The van der Waals surface area contributed by atoms with Crippen LogP contribution in [0, 0.1) is 11.7 Å². The van der Waals surface area contributed by atoms with Crippen LogP contribution in [0.2, 0.25) is 0 Å². The highest BCUT2D eigenvalue weighted by atomic mass is 35.5. The number of nitrogens with one attached hydrogen (secondary N) is 1. The molecule has 2 aromatic rings. The zero-order chi connectivity index (χ0) is 18.5. The molecule has 146 valence electrons. The number of ether oxygens (including phenoxy) is 1. The van der Waals surface area contributed by atoms with Crippen LogP contribution >= 0.6 is 12.4 Å². The van der Waals surface area contributed by atoms with Gasteiger partial charge in [-0.1, -0.05) is 12.1 Å². The molecule has 3 rings (SSSR count). The standard InChI is InChI=1S/C19H22FN3O3.ClH/c20-15-5-3-13(4-6-15)12-23-9-1-2-16(19(23)25)22-18(24)17(21)14-7-10-26-11-8-14;/h1-6,9,14,17H,7-8,10-12,21H2,(H,22,24);1H. The molecule has 27 heavy (non-hydrogen) atoms. The van der Waals surface area contributed by atoms with E-state index < -0.39 is 6.04 Å². The molecule has 1 aliphatic heterocycles. The molecule has 1 aliphatic rings. The lowest BCUT2D eigenvalue weighted by molar-refractivity contribution is -0.119. The van der Waals surface area contributed by atoms with E-state index >= 15 is 0 Å². The van der Waals surface area contributed by atoms with E-state index in [2.05, 4.69) is 5.32 Å². The molecule has 8 heteroatoms. The summed E-state index contributed by atoms with van der Waals surface area (Å²) in [5.41, 5.74) is 6.69. The Bertz CT molecular complexity index is 820. The van der Waals surface area contributed by atoms with Crippen molar-refractivity contribution in [3.8, 4) is 0 Å². The van der Waals surface area contributed by atoms with E-state index in [9.17, 15) is 14.0 Å². The summed E-state index contributed by atoms with van der Waals surface area (Å²) in [5, 5.41) is 2.64. The summed E-state index contributed by atoms with van der Waals surface area (Å²) < 4.78 is 19.7. The molecule has 2 heterocycles. The van der Waals surface area contributed by atoms with Gasteiger partial charge in [0.2, 0.25) is 5.91 Å². The SMILES string of the molecule is Cl.NC(C(=O)Nc1cccn(Cc2ccc(F)cc2)c1=O)C1CCOCC1. The molecule has 0 saturated carbocycles. The minimum Gasteiger partial charge on any atom is -0.381 e. The normalized spacial score (nSPS) is 15.6. The van der Waals surface area contributed by atoms with Gasteiger partial charge in [0.05, 0.1) is 12.6 Å².